The van der Waals surface area contributed by atoms with Crippen molar-refractivity contribution in [2.75, 3.05) is 20.1 Å². The van der Waals surface area contributed by atoms with Gasteiger partial charge in [-0.15, -0.1) is 0 Å². The van der Waals surface area contributed by atoms with Gasteiger partial charge in [-0.25, -0.2) is 9.38 Å². The molecule has 0 aliphatic heterocycles. The molecule has 1 heterocycles. The molecule has 1 aromatic heterocycles. The summed E-state index contributed by atoms with van der Waals surface area (Å²) in [4.78, 5) is 20.3. The van der Waals surface area contributed by atoms with Crippen LogP contribution in [0.15, 0.2) is 72.0 Å². The first kappa shape index (κ1) is 23.7. The molecule has 0 atom stereocenters. The minimum Gasteiger partial charge on any atom is -0.453 e. The summed E-state index contributed by atoms with van der Waals surface area (Å²) in [5.41, 5.74) is 2.40. The van der Waals surface area contributed by atoms with Crippen LogP contribution < -0.4 is 20.7 Å². The molecule has 2 aromatic carbocycles. The van der Waals surface area contributed by atoms with Crippen molar-refractivity contribution in [3.63, 3.8) is 0 Å². The molecule has 1 amide bonds. The molecule has 7 nitrogen and oxygen atoms in total. The Balaban J connectivity index is 1.57. The van der Waals surface area contributed by atoms with E-state index in [2.05, 4.69) is 25.9 Å². The summed E-state index contributed by atoms with van der Waals surface area (Å²) in [6.45, 7) is 3.62. The van der Waals surface area contributed by atoms with Crippen molar-refractivity contribution in [3.8, 4) is 11.5 Å². The molecule has 0 saturated carbocycles. The molecule has 0 aliphatic rings. The summed E-state index contributed by atoms with van der Waals surface area (Å²) >= 11 is 0. The maximum absolute atomic E-state index is 14.5. The molecule has 172 valence electrons. The lowest BCUT2D eigenvalue weighted by molar-refractivity contribution is 0.0963. The van der Waals surface area contributed by atoms with Gasteiger partial charge in [-0.1, -0.05) is 18.2 Å². The van der Waals surface area contributed by atoms with E-state index in [1.165, 1.54) is 12.3 Å². The number of nitrogens with zero attached hydrogens (tertiary/aromatic N) is 2. The fourth-order valence-corrected chi connectivity index (χ4v) is 3.11. The highest BCUT2D eigenvalue weighted by molar-refractivity contribution is 5.94. The standard InChI is InChI=1S/C25H28FN5O2/c1-3-29-25(30-13-11-18-6-4-7-20(14-18)24(32)27-2)31-16-19-9-10-23(22(26)15-19)33-21-8-5-12-28-17-21/h4-10,12,14-15,17H,3,11,13,16H2,1-2H3,(H,27,32)(H2,29,30,31). The van der Waals surface area contributed by atoms with Gasteiger partial charge in [-0.3, -0.25) is 9.78 Å². The van der Waals surface area contributed by atoms with Crippen LogP contribution in [0.3, 0.4) is 0 Å². The van der Waals surface area contributed by atoms with Crippen molar-refractivity contribution >= 4 is 11.9 Å². The zero-order valence-electron chi connectivity index (χ0n) is 18.8. The molecule has 0 aliphatic carbocycles. The summed E-state index contributed by atoms with van der Waals surface area (Å²) in [6.07, 6.45) is 3.88. The second-order valence-corrected chi connectivity index (χ2v) is 7.21. The summed E-state index contributed by atoms with van der Waals surface area (Å²) in [5, 5.41) is 9.09. The third-order valence-corrected chi connectivity index (χ3v) is 4.74. The molecule has 0 unspecified atom stereocenters. The molecule has 3 N–H and O–H groups in total. The predicted octanol–water partition coefficient (Wildman–Crippen LogP) is 3.67. The summed E-state index contributed by atoms with van der Waals surface area (Å²) in [7, 11) is 1.61. The van der Waals surface area contributed by atoms with E-state index >= 15 is 0 Å². The van der Waals surface area contributed by atoms with Crippen LogP contribution in [0.25, 0.3) is 0 Å². The molecule has 0 radical (unpaired) electrons. The number of rotatable bonds is 9. The molecule has 0 bridgehead atoms. The number of carbonyl (C=O) groups excluding carboxylic acids is 1. The van der Waals surface area contributed by atoms with E-state index in [4.69, 9.17) is 4.74 Å². The van der Waals surface area contributed by atoms with Gasteiger partial charge in [-0.05, 0) is 60.9 Å². The number of amides is 1. The molecule has 0 spiro atoms. The number of aromatic nitrogens is 1. The van der Waals surface area contributed by atoms with Gasteiger partial charge < -0.3 is 20.7 Å². The fraction of sp³-hybridized carbons (Fsp3) is 0.240. The number of hydrogen-bond donors (Lipinski definition) is 3. The first-order valence-electron chi connectivity index (χ1n) is 10.8. The highest BCUT2D eigenvalue weighted by atomic mass is 19.1. The Hall–Kier alpha value is -3.94. The molecular weight excluding hydrogens is 421 g/mol. The van der Waals surface area contributed by atoms with Gasteiger partial charge in [0.15, 0.2) is 17.5 Å². The maximum atomic E-state index is 14.5. The molecule has 33 heavy (non-hydrogen) atoms. The lowest BCUT2D eigenvalue weighted by atomic mass is 10.1. The smallest absolute Gasteiger partial charge is 0.251 e. The highest BCUT2D eigenvalue weighted by Crippen LogP contribution is 2.24. The van der Waals surface area contributed by atoms with E-state index in [1.807, 2.05) is 25.1 Å². The molecule has 3 rings (SSSR count). The Kier molecular flexibility index (Phi) is 8.76. The van der Waals surface area contributed by atoms with Crippen molar-refractivity contribution in [1.29, 1.82) is 0 Å². The van der Waals surface area contributed by atoms with Crippen LogP contribution in [-0.2, 0) is 13.0 Å². The normalized spacial score (nSPS) is 11.1. The van der Waals surface area contributed by atoms with Crippen LogP contribution in [-0.4, -0.2) is 37.0 Å². The van der Waals surface area contributed by atoms with Crippen LogP contribution in [0, 0.1) is 5.82 Å². The molecule has 3 aromatic rings. The number of hydrogen-bond acceptors (Lipinski definition) is 4. The number of halogens is 1. The van der Waals surface area contributed by atoms with E-state index in [1.54, 1.807) is 43.6 Å². The summed E-state index contributed by atoms with van der Waals surface area (Å²) in [6, 6.07) is 15.8. The minimum atomic E-state index is -0.458. The number of benzene rings is 2. The molecule has 8 heteroatoms. The molecular formula is C25H28FN5O2. The maximum Gasteiger partial charge on any atom is 0.251 e. The van der Waals surface area contributed by atoms with E-state index < -0.39 is 5.82 Å². The van der Waals surface area contributed by atoms with Crippen LogP contribution in [0.5, 0.6) is 11.5 Å². The van der Waals surface area contributed by atoms with E-state index in [9.17, 15) is 9.18 Å². The monoisotopic (exact) mass is 449 g/mol. The van der Waals surface area contributed by atoms with Gasteiger partial charge in [-0.2, -0.15) is 0 Å². The SMILES string of the molecule is CCNC(=NCc1ccc(Oc2cccnc2)c(F)c1)NCCc1cccc(C(=O)NC)c1. The lowest BCUT2D eigenvalue weighted by Gasteiger charge is -2.12. The Bertz CT molecular complexity index is 1090. The Morgan fingerprint density at radius 1 is 1.09 bits per heavy atom. The summed E-state index contributed by atoms with van der Waals surface area (Å²) < 4.78 is 20.0. The quantitative estimate of drug-likeness (QED) is 0.343. The molecule has 0 fully saturated rings. The van der Waals surface area contributed by atoms with Gasteiger partial charge in [0.25, 0.3) is 5.91 Å². The zero-order valence-corrected chi connectivity index (χ0v) is 18.8. The predicted molar refractivity (Wildman–Crippen MR) is 127 cm³/mol. The van der Waals surface area contributed by atoms with Crippen molar-refractivity contribution in [2.45, 2.75) is 19.9 Å². The third-order valence-electron chi connectivity index (χ3n) is 4.74. The number of pyridine rings is 1. The number of nitrogens with one attached hydrogen (secondary N) is 3. The molecule has 0 saturated heterocycles. The Morgan fingerprint density at radius 2 is 1.97 bits per heavy atom. The topological polar surface area (TPSA) is 87.6 Å². The van der Waals surface area contributed by atoms with E-state index in [-0.39, 0.29) is 11.7 Å². The van der Waals surface area contributed by atoms with Crippen molar-refractivity contribution in [2.24, 2.45) is 4.99 Å². The van der Waals surface area contributed by atoms with Gasteiger partial charge in [0.1, 0.15) is 5.75 Å². The number of carbonyl (C=O) groups is 1. The number of aliphatic imine (C=N–C) groups is 1. The van der Waals surface area contributed by atoms with Crippen LogP contribution in [0.4, 0.5) is 4.39 Å². The third kappa shape index (κ3) is 7.31. The van der Waals surface area contributed by atoms with Crippen LogP contribution in [0.1, 0.15) is 28.4 Å². The second-order valence-electron chi connectivity index (χ2n) is 7.21. The first-order chi connectivity index (χ1) is 16.1. The lowest BCUT2D eigenvalue weighted by Crippen LogP contribution is -2.38. The first-order valence-corrected chi connectivity index (χ1v) is 10.8. The zero-order chi connectivity index (χ0) is 23.5. The van der Waals surface area contributed by atoms with Gasteiger partial charge in [0.2, 0.25) is 0 Å². The van der Waals surface area contributed by atoms with Crippen LogP contribution >= 0.6 is 0 Å². The Labute approximate surface area is 193 Å². The largest absolute Gasteiger partial charge is 0.453 e. The number of ether oxygens (including phenoxy) is 1. The fourth-order valence-electron chi connectivity index (χ4n) is 3.11. The van der Waals surface area contributed by atoms with E-state index in [0.717, 1.165) is 17.5 Å². The van der Waals surface area contributed by atoms with Crippen molar-refractivity contribution in [1.82, 2.24) is 20.9 Å². The van der Waals surface area contributed by atoms with Gasteiger partial charge in [0.05, 0.1) is 12.7 Å². The van der Waals surface area contributed by atoms with Gasteiger partial charge >= 0.3 is 0 Å². The van der Waals surface area contributed by atoms with Crippen molar-refractivity contribution in [3.05, 3.63) is 89.5 Å². The average Bonchev–Trinajstić information content (AvgIpc) is 2.84. The van der Waals surface area contributed by atoms with Crippen molar-refractivity contribution < 1.29 is 13.9 Å². The second kappa shape index (κ2) is 12.2. The summed E-state index contributed by atoms with van der Waals surface area (Å²) in [5.74, 6) is 0.682. The minimum absolute atomic E-state index is 0.108. The highest BCUT2D eigenvalue weighted by Gasteiger charge is 2.07. The number of guanidine groups is 1. The Morgan fingerprint density at radius 3 is 2.70 bits per heavy atom. The van der Waals surface area contributed by atoms with Crippen LogP contribution in [0.2, 0.25) is 0 Å². The average molecular weight is 450 g/mol. The van der Waals surface area contributed by atoms with E-state index in [0.29, 0.717) is 36.9 Å². The van der Waals surface area contributed by atoms with Gasteiger partial charge in [0, 0.05) is 31.9 Å².